The minimum atomic E-state index is 0.629. The molecule has 3 unspecified atom stereocenters. The lowest BCUT2D eigenvalue weighted by Gasteiger charge is -2.14. The molecule has 3 rings (SSSR count). The zero-order valence-corrected chi connectivity index (χ0v) is 10.1. The summed E-state index contributed by atoms with van der Waals surface area (Å²) >= 11 is 1.82. The van der Waals surface area contributed by atoms with Crippen LogP contribution in [0.1, 0.15) is 37.3 Å². The number of thiophene rings is 1. The third-order valence-corrected chi connectivity index (χ3v) is 5.02. The van der Waals surface area contributed by atoms with E-state index < -0.39 is 0 Å². The lowest BCUT2D eigenvalue weighted by Crippen LogP contribution is -2.19. The first kappa shape index (κ1) is 9.86. The van der Waals surface area contributed by atoms with E-state index in [2.05, 4.69) is 29.2 Å². The SMILES string of the molecule is CNC(c1ccsc1)C1C2CCCCC21. The van der Waals surface area contributed by atoms with Crippen LogP contribution in [0.5, 0.6) is 0 Å². The fraction of sp³-hybridized carbons (Fsp3) is 0.692. The molecule has 1 nitrogen and oxygen atoms in total. The van der Waals surface area contributed by atoms with E-state index in [0.717, 1.165) is 17.8 Å². The van der Waals surface area contributed by atoms with Crippen LogP contribution in [0.3, 0.4) is 0 Å². The maximum absolute atomic E-state index is 3.53. The van der Waals surface area contributed by atoms with Gasteiger partial charge >= 0.3 is 0 Å². The molecule has 1 N–H and O–H groups in total. The van der Waals surface area contributed by atoms with Crippen molar-refractivity contribution < 1.29 is 0 Å². The number of fused-ring (bicyclic) bond motifs is 1. The van der Waals surface area contributed by atoms with Crippen molar-refractivity contribution in [2.24, 2.45) is 17.8 Å². The Balaban J connectivity index is 1.75. The number of hydrogen-bond donors (Lipinski definition) is 1. The highest BCUT2D eigenvalue weighted by Gasteiger charge is 2.53. The fourth-order valence-corrected chi connectivity index (χ4v) is 4.27. The number of nitrogens with one attached hydrogen (secondary N) is 1. The molecule has 82 valence electrons. The Hall–Kier alpha value is -0.340. The summed E-state index contributed by atoms with van der Waals surface area (Å²) in [5, 5.41) is 8.04. The number of rotatable bonds is 3. The second-order valence-electron chi connectivity index (χ2n) is 5.01. The molecule has 3 atom stereocenters. The Morgan fingerprint density at radius 2 is 2.07 bits per heavy atom. The summed E-state index contributed by atoms with van der Waals surface area (Å²) in [6.45, 7) is 0. The van der Waals surface area contributed by atoms with Gasteiger partial charge in [0.25, 0.3) is 0 Å². The van der Waals surface area contributed by atoms with Gasteiger partial charge in [-0.3, -0.25) is 0 Å². The second kappa shape index (κ2) is 3.91. The monoisotopic (exact) mass is 221 g/mol. The van der Waals surface area contributed by atoms with E-state index in [1.165, 1.54) is 31.2 Å². The maximum atomic E-state index is 3.53. The van der Waals surface area contributed by atoms with E-state index in [-0.39, 0.29) is 0 Å². The summed E-state index contributed by atoms with van der Waals surface area (Å²) in [5.74, 6) is 3.01. The highest BCUT2D eigenvalue weighted by Crippen LogP contribution is 2.60. The highest BCUT2D eigenvalue weighted by atomic mass is 32.1. The van der Waals surface area contributed by atoms with Gasteiger partial charge in [0.1, 0.15) is 0 Å². The van der Waals surface area contributed by atoms with Crippen molar-refractivity contribution in [3.05, 3.63) is 22.4 Å². The molecule has 1 aromatic heterocycles. The lowest BCUT2D eigenvalue weighted by atomic mass is 10.0. The van der Waals surface area contributed by atoms with Crippen molar-refractivity contribution in [3.8, 4) is 0 Å². The third kappa shape index (κ3) is 1.64. The molecule has 15 heavy (non-hydrogen) atoms. The summed E-state index contributed by atoms with van der Waals surface area (Å²) < 4.78 is 0. The molecule has 0 spiro atoms. The molecule has 2 aliphatic carbocycles. The van der Waals surface area contributed by atoms with Crippen molar-refractivity contribution in [1.29, 1.82) is 0 Å². The quantitative estimate of drug-likeness (QED) is 0.824. The molecule has 0 radical (unpaired) electrons. The predicted octanol–water partition coefficient (Wildman–Crippen LogP) is 3.44. The van der Waals surface area contributed by atoms with Crippen molar-refractivity contribution in [3.63, 3.8) is 0 Å². The lowest BCUT2D eigenvalue weighted by molar-refractivity contribution is 0.480. The van der Waals surface area contributed by atoms with E-state index in [9.17, 15) is 0 Å². The Kier molecular flexibility index (Phi) is 2.57. The van der Waals surface area contributed by atoms with Gasteiger partial charge in [-0.25, -0.2) is 0 Å². The maximum Gasteiger partial charge on any atom is 0.0359 e. The largest absolute Gasteiger partial charge is 0.313 e. The van der Waals surface area contributed by atoms with Gasteiger partial charge in [0.15, 0.2) is 0 Å². The third-order valence-electron chi connectivity index (χ3n) is 4.32. The average molecular weight is 221 g/mol. The van der Waals surface area contributed by atoms with Gasteiger partial charge in [0, 0.05) is 6.04 Å². The average Bonchev–Trinajstić information content (AvgIpc) is 2.74. The summed E-state index contributed by atoms with van der Waals surface area (Å²) in [7, 11) is 2.12. The van der Waals surface area contributed by atoms with Crippen molar-refractivity contribution in [1.82, 2.24) is 5.32 Å². The van der Waals surface area contributed by atoms with Gasteiger partial charge in [-0.05, 0) is 60.0 Å². The Labute approximate surface area is 95.9 Å². The summed E-state index contributed by atoms with van der Waals surface area (Å²) in [5.41, 5.74) is 1.52. The topological polar surface area (TPSA) is 12.0 Å². The standard InChI is InChI=1S/C13H19NS/c1-14-13(9-6-7-15-8-9)12-10-4-2-3-5-11(10)12/h6-8,10-14H,2-5H2,1H3. The minimum absolute atomic E-state index is 0.629. The van der Waals surface area contributed by atoms with Crippen LogP contribution >= 0.6 is 11.3 Å². The molecule has 0 saturated heterocycles. The van der Waals surface area contributed by atoms with E-state index >= 15 is 0 Å². The molecule has 2 heteroatoms. The normalized spacial score (nSPS) is 35.9. The van der Waals surface area contributed by atoms with Crippen molar-refractivity contribution in [2.45, 2.75) is 31.7 Å². The first-order valence-electron chi connectivity index (χ1n) is 6.11. The second-order valence-corrected chi connectivity index (χ2v) is 5.79. The Bertz CT molecular complexity index is 307. The van der Waals surface area contributed by atoms with Crippen LogP contribution in [0.2, 0.25) is 0 Å². The van der Waals surface area contributed by atoms with Crippen LogP contribution in [0.4, 0.5) is 0 Å². The summed E-state index contributed by atoms with van der Waals surface area (Å²) in [6.07, 6.45) is 5.91. The fourth-order valence-electron chi connectivity index (χ4n) is 3.58. The molecule has 0 aromatic carbocycles. The van der Waals surface area contributed by atoms with E-state index in [1.807, 2.05) is 11.3 Å². The molecular formula is C13H19NS. The summed E-state index contributed by atoms with van der Waals surface area (Å²) in [4.78, 5) is 0. The Morgan fingerprint density at radius 3 is 2.60 bits per heavy atom. The summed E-state index contributed by atoms with van der Waals surface area (Å²) in [6, 6.07) is 2.92. The first-order valence-corrected chi connectivity index (χ1v) is 7.05. The van der Waals surface area contributed by atoms with E-state index in [0.29, 0.717) is 6.04 Å². The highest BCUT2D eigenvalue weighted by molar-refractivity contribution is 7.07. The molecule has 0 aliphatic heterocycles. The van der Waals surface area contributed by atoms with Gasteiger partial charge < -0.3 is 5.32 Å². The molecular weight excluding hydrogens is 202 g/mol. The first-order chi connectivity index (χ1) is 7.42. The van der Waals surface area contributed by atoms with Crippen LogP contribution < -0.4 is 5.32 Å². The predicted molar refractivity (Wildman–Crippen MR) is 65.1 cm³/mol. The van der Waals surface area contributed by atoms with E-state index in [1.54, 1.807) is 0 Å². The van der Waals surface area contributed by atoms with Gasteiger partial charge in [0.2, 0.25) is 0 Å². The van der Waals surface area contributed by atoms with Crippen LogP contribution in [0, 0.1) is 17.8 Å². The number of hydrogen-bond acceptors (Lipinski definition) is 2. The smallest absolute Gasteiger partial charge is 0.0359 e. The Morgan fingerprint density at radius 1 is 1.33 bits per heavy atom. The van der Waals surface area contributed by atoms with Crippen LogP contribution in [0.15, 0.2) is 16.8 Å². The molecule has 0 bridgehead atoms. The van der Waals surface area contributed by atoms with Crippen LogP contribution in [-0.4, -0.2) is 7.05 Å². The molecule has 0 amide bonds. The molecule has 1 aromatic rings. The molecule has 1 heterocycles. The van der Waals surface area contributed by atoms with Crippen LogP contribution in [0.25, 0.3) is 0 Å². The van der Waals surface area contributed by atoms with E-state index in [4.69, 9.17) is 0 Å². The van der Waals surface area contributed by atoms with Gasteiger partial charge in [-0.2, -0.15) is 11.3 Å². The van der Waals surface area contributed by atoms with Gasteiger partial charge in [-0.15, -0.1) is 0 Å². The minimum Gasteiger partial charge on any atom is -0.313 e. The van der Waals surface area contributed by atoms with Crippen LogP contribution in [-0.2, 0) is 0 Å². The zero-order chi connectivity index (χ0) is 10.3. The van der Waals surface area contributed by atoms with Gasteiger partial charge in [0.05, 0.1) is 0 Å². The van der Waals surface area contributed by atoms with Crippen molar-refractivity contribution in [2.75, 3.05) is 7.05 Å². The van der Waals surface area contributed by atoms with Crippen molar-refractivity contribution >= 4 is 11.3 Å². The molecule has 2 aliphatic rings. The molecule has 2 fully saturated rings. The molecule has 2 saturated carbocycles. The van der Waals surface area contributed by atoms with Gasteiger partial charge in [-0.1, -0.05) is 12.8 Å². The zero-order valence-electron chi connectivity index (χ0n) is 9.28.